The van der Waals surface area contributed by atoms with Crippen LogP contribution in [0.15, 0.2) is 30.5 Å². The second kappa shape index (κ2) is 6.70. The number of nitrogens with one attached hydrogen (secondary N) is 1. The van der Waals surface area contributed by atoms with Gasteiger partial charge in [0, 0.05) is 19.2 Å². The molecule has 0 bridgehead atoms. The lowest BCUT2D eigenvalue weighted by atomic mass is 10.1. The van der Waals surface area contributed by atoms with Gasteiger partial charge < -0.3 is 21.2 Å². The van der Waals surface area contributed by atoms with Crippen molar-refractivity contribution < 1.29 is 9.72 Å². The number of nitrogens with zero attached hydrogens (tertiary/aromatic N) is 3. The van der Waals surface area contributed by atoms with E-state index in [1.807, 2.05) is 24.3 Å². The average Bonchev–Trinajstić information content (AvgIpc) is 2.83. The molecule has 2 aromatic rings. The molecule has 1 heterocycles. The third kappa shape index (κ3) is 4.05. The smallest absolute Gasteiger partial charge is 0.381 e. The van der Waals surface area contributed by atoms with Crippen LogP contribution < -0.4 is 11.1 Å². The number of anilines is 1. The summed E-state index contributed by atoms with van der Waals surface area (Å²) in [7, 11) is 0. The molecular formula is C14H17N5O3. The van der Waals surface area contributed by atoms with Gasteiger partial charge in [0.05, 0.1) is 0 Å². The van der Waals surface area contributed by atoms with Gasteiger partial charge in [0.25, 0.3) is 0 Å². The van der Waals surface area contributed by atoms with Gasteiger partial charge in [0.2, 0.25) is 11.7 Å². The van der Waals surface area contributed by atoms with E-state index in [2.05, 4.69) is 10.3 Å². The molecule has 1 amide bonds. The average molecular weight is 303 g/mol. The molecule has 8 heteroatoms. The normalized spacial score (nSPS) is 10.4. The van der Waals surface area contributed by atoms with Crippen LogP contribution in [0.25, 0.3) is 0 Å². The van der Waals surface area contributed by atoms with E-state index in [0.717, 1.165) is 5.56 Å². The van der Waals surface area contributed by atoms with Gasteiger partial charge >= 0.3 is 5.82 Å². The maximum Gasteiger partial charge on any atom is 0.381 e. The third-order valence-electron chi connectivity index (χ3n) is 3.18. The van der Waals surface area contributed by atoms with Crippen LogP contribution >= 0.6 is 0 Å². The number of imidazole rings is 1. The Balaban J connectivity index is 1.83. The molecule has 1 aromatic heterocycles. The Hall–Kier alpha value is -2.90. The molecule has 0 aliphatic carbocycles. The molecule has 3 N–H and O–H groups in total. The number of carbonyl (C=O) groups is 1. The Labute approximate surface area is 127 Å². The number of carbonyl (C=O) groups excluding carboxylic acids is 1. The van der Waals surface area contributed by atoms with Crippen LogP contribution in [0, 0.1) is 17.0 Å². The zero-order valence-corrected chi connectivity index (χ0v) is 12.2. The van der Waals surface area contributed by atoms with Crippen LogP contribution in [0.5, 0.6) is 0 Å². The van der Waals surface area contributed by atoms with E-state index in [4.69, 9.17) is 5.73 Å². The lowest BCUT2D eigenvalue weighted by molar-refractivity contribution is -0.389. The SMILES string of the molecule is Cc1nc([N+](=O)[O-])cn1CC(=O)NCCc1ccc(N)cc1. The molecule has 0 fully saturated rings. The lowest BCUT2D eigenvalue weighted by Gasteiger charge is -2.06. The van der Waals surface area contributed by atoms with Crippen molar-refractivity contribution in [3.8, 4) is 0 Å². The van der Waals surface area contributed by atoms with Crippen molar-refractivity contribution in [3.63, 3.8) is 0 Å². The van der Waals surface area contributed by atoms with Gasteiger partial charge in [-0.3, -0.25) is 9.36 Å². The molecule has 0 unspecified atom stereocenters. The van der Waals surface area contributed by atoms with Gasteiger partial charge in [-0.1, -0.05) is 12.1 Å². The minimum Gasteiger partial charge on any atom is -0.399 e. The molecular weight excluding hydrogens is 286 g/mol. The van der Waals surface area contributed by atoms with Crippen molar-refractivity contribution in [2.75, 3.05) is 12.3 Å². The summed E-state index contributed by atoms with van der Waals surface area (Å²) in [5.74, 6) is -0.0431. The monoisotopic (exact) mass is 303 g/mol. The molecule has 1 aromatic carbocycles. The summed E-state index contributed by atoms with van der Waals surface area (Å²) in [5, 5.41) is 13.4. The second-order valence-electron chi connectivity index (χ2n) is 4.87. The topological polar surface area (TPSA) is 116 Å². The zero-order chi connectivity index (χ0) is 16.1. The number of nitrogen functional groups attached to an aromatic ring is 1. The van der Waals surface area contributed by atoms with Crippen LogP contribution in [0.3, 0.4) is 0 Å². The summed E-state index contributed by atoms with van der Waals surface area (Å²) in [6, 6.07) is 7.44. The number of benzene rings is 1. The fourth-order valence-corrected chi connectivity index (χ4v) is 1.98. The van der Waals surface area contributed by atoms with Crippen LogP contribution in [0.1, 0.15) is 11.4 Å². The first-order chi connectivity index (χ1) is 10.5. The Morgan fingerprint density at radius 1 is 1.41 bits per heavy atom. The summed E-state index contributed by atoms with van der Waals surface area (Å²) in [5.41, 5.74) is 7.37. The first-order valence-electron chi connectivity index (χ1n) is 6.75. The highest BCUT2D eigenvalue weighted by Gasteiger charge is 2.16. The van der Waals surface area contributed by atoms with Gasteiger partial charge in [-0.25, -0.2) is 0 Å². The van der Waals surface area contributed by atoms with Crippen molar-refractivity contribution >= 4 is 17.4 Å². The summed E-state index contributed by atoms with van der Waals surface area (Å²) < 4.78 is 1.46. The molecule has 8 nitrogen and oxygen atoms in total. The minimum absolute atomic E-state index is 0.00834. The number of amides is 1. The van der Waals surface area contributed by atoms with E-state index in [-0.39, 0.29) is 18.3 Å². The maximum atomic E-state index is 11.8. The minimum atomic E-state index is -0.581. The zero-order valence-electron chi connectivity index (χ0n) is 12.2. The second-order valence-corrected chi connectivity index (χ2v) is 4.87. The molecule has 22 heavy (non-hydrogen) atoms. The number of nitro groups is 1. The highest BCUT2D eigenvalue weighted by molar-refractivity contribution is 5.75. The first-order valence-corrected chi connectivity index (χ1v) is 6.75. The van der Waals surface area contributed by atoms with Crippen molar-refractivity contribution in [2.24, 2.45) is 0 Å². The maximum absolute atomic E-state index is 11.8. The molecule has 0 aliphatic rings. The lowest BCUT2D eigenvalue weighted by Crippen LogP contribution is -2.29. The highest BCUT2D eigenvalue weighted by Crippen LogP contribution is 2.10. The summed E-state index contributed by atoms with van der Waals surface area (Å²) in [6.45, 7) is 2.11. The predicted octanol–water partition coefficient (Wildman–Crippen LogP) is 1.04. The number of aromatic nitrogens is 2. The highest BCUT2D eigenvalue weighted by atomic mass is 16.6. The van der Waals surface area contributed by atoms with Crippen LogP contribution in [-0.4, -0.2) is 26.9 Å². The van der Waals surface area contributed by atoms with Gasteiger partial charge in [0.15, 0.2) is 0 Å². The number of rotatable bonds is 6. The summed E-state index contributed by atoms with van der Waals surface area (Å²) in [4.78, 5) is 25.7. The Morgan fingerprint density at radius 2 is 2.09 bits per heavy atom. The molecule has 0 spiro atoms. The molecule has 0 saturated heterocycles. The first kappa shape index (κ1) is 15.5. The number of nitrogens with two attached hydrogens (primary N) is 1. The summed E-state index contributed by atoms with van der Waals surface area (Å²) in [6.07, 6.45) is 1.95. The molecule has 116 valence electrons. The van der Waals surface area contributed by atoms with Gasteiger partial charge in [-0.05, 0) is 34.0 Å². The van der Waals surface area contributed by atoms with Gasteiger partial charge in [0.1, 0.15) is 12.7 Å². The Bertz CT molecular complexity index is 678. The van der Waals surface area contributed by atoms with E-state index in [0.29, 0.717) is 24.5 Å². The number of hydrogen-bond acceptors (Lipinski definition) is 5. The van der Waals surface area contributed by atoms with Crippen LogP contribution in [0.2, 0.25) is 0 Å². The van der Waals surface area contributed by atoms with E-state index in [1.54, 1.807) is 6.92 Å². The van der Waals surface area contributed by atoms with Crippen LogP contribution in [-0.2, 0) is 17.8 Å². The van der Waals surface area contributed by atoms with E-state index in [9.17, 15) is 14.9 Å². The van der Waals surface area contributed by atoms with Crippen molar-refractivity contribution in [1.29, 1.82) is 0 Å². The number of aryl methyl sites for hydroxylation is 1. The van der Waals surface area contributed by atoms with Crippen molar-refractivity contribution in [3.05, 3.63) is 52.0 Å². The largest absolute Gasteiger partial charge is 0.399 e. The summed E-state index contributed by atoms with van der Waals surface area (Å²) >= 11 is 0. The Kier molecular flexibility index (Phi) is 4.72. The van der Waals surface area contributed by atoms with Crippen molar-refractivity contribution in [2.45, 2.75) is 19.9 Å². The molecule has 0 aliphatic heterocycles. The van der Waals surface area contributed by atoms with E-state index in [1.165, 1.54) is 10.8 Å². The number of hydrogen-bond donors (Lipinski definition) is 2. The quantitative estimate of drug-likeness (QED) is 0.470. The van der Waals surface area contributed by atoms with Crippen molar-refractivity contribution in [1.82, 2.24) is 14.9 Å². The molecule has 0 saturated carbocycles. The van der Waals surface area contributed by atoms with E-state index >= 15 is 0 Å². The predicted molar refractivity (Wildman–Crippen MR) is 81.2 cm³/mol. The Morgan fingerprint density at radius 3 is 2.68 bits per heavy atom. The molecule has 2 rings (SSSR count). The third-order valence-corrected chi connectivity index (χ3v) is 3.18. The fourth-order valence-electron chi connectivity index (χ4n) is 1.98. The standard InChI is InChI=1S/C14H17N5O3/c1-10-17-13(19(21)22)8-18(10)9-14(20)16-7-6-11-2-4-12(15)5-3-11/h2-5,8H,6-7,9,15H2,1H3,(H,16,20). The fraction of sp³-hybridized carbons (Fsp3) is 0.286. The molecule has 0 radical (unpaired) electrons. The molecule has 0 atom stereocenters. The van der Waals surface area contributed by atoms with E-state index < -0.39 is 4.92 Å². The van der Waals surface area contributed by atoms with Crippen LogP contribution in [0.4, 0.5) is 11.5 Å². The van der Waals surface area contributed by atoms with Gasteiger partial charge in [-0.2, -0.15) is 0 Å². The van der Waals surface area contributed by atoms with Gasteiger partial charge in [-0.15, -0.1) is 0 Å².